The molecule has 20 heavy (non-hydrogen) atoms. The van der Waals surface area contributed by atoms with Crippen LogP contribution in [0, 0.1) is 5.51 Å². The average Bonchev–Trinajstić information content (AvgIpc) is 2.79. The Morgan fingerprint density at radius 3 is 1.95 bits per heavy atom. The number of thiazole rings is 1. The van der Waals surface area contributed by atoms with Crippen LogP contribution in [-0.4, -0.2) is 4.98 Å². The Bertz CT molecular complexity index is 558. The largest absolute Gasteiger partial charge is 0.437 e. The molecule has 0 N–H and O–H groups in total. The van der Waals surface area contributed by atoms with E-state index in [2.05, 4.69) is 15.2 Å². The van der Waals surface area contributed by atoms with E-state index >= 15 is 0 Å². The number of hydrogen-bond donors (Lipinski definition) is 0. The van der Waals surface area contributed by atoms with Gasteiger partial charge < -0.3 is 4.74 Å². The van der Waals surface area contributed by atoms with Crippen LogP contribution < -0.4 is 4.74 Å². The third-order valence-corrected chi connectivity index (χ3v) is 2.72. The third kappa shape index (κ3) is 3.03. The van der Waals surface area contributed by atoms with Crippen LogP contribution in [0.1, 0.15) is 11.1 Å². The summed E-state index contributed by atoms with van der Waals surface area (Å²) in [5, 5.41) is 1.15. The maximum Gasteiger partial charge on any atom is 0.420 e. The summed E-state index contributed by atoms with van der Waals surface area (Å²) in [5.41, 5.74) is -0.757. The molecule has 2 aromatic rings. The van der Waals surface area contributed by atoms with Gasteiger partial charge in [-0.2, -0.15) is 31.3 Å². The summed E-state index contributed by atoms with van der Waals surface area (Å²) in [6.07, 6.45) is -9.95. The van der Waals surface area contributed by atoms with Crippen molar-refractivity contribution in [1.29, 1.82) is 0 Å². The average molecular weight is 312 g/mol. The fourth-order valence-electron chi connectivity index (χ4n) is 1.42. The standard InChI is InChI=1S/C11H4F6NOS/c12-10(13,14)6-2-1-3-7(11(15,16)17)9(6)19-8-4-20-5-18-8/h1-4H. The molecule has 0 aliphatic heterocycles. The molecular weight excluding hydrogens is 308 g/mol. The molecule has 0 aliphatic carbocycles. The highest BCUT2D eigenvalue weighted by atomic mass is 32.1. The van der Waals surface area contributed by atoms with Crippen molar-refractivity contribution in [2.45, 2.75) is 12.4 Å². The zero-order valence-electron chi connectivity index (χ0n) is 9.34. The van der Waals surface area contributed by atoms with Crippen LogP contribution in [-0.2, 0) is 12.4 Å². The van der Waals surface area contributed by atoms with E-state index in [0.29, 0.717) is 18.2 Å². The smallest absolute Gasteiger partial charge is 0.420 e. The summed E-state index contributed by atoms with van der Waals surface area (Å²) in [4.78, 5) is 3.39. The van der Waals surface area contributed by atoms with Crippen molar-refractivity contribution in [1.82, 2.24) is 4.98 Å². The van der Waals surface area contributed by atoms with Gasteiger partial charge in [0, 0.05) is 0 Å². The number of hydrogen-bond acceptors (Lipinski definition) is 3. The molecule has 0 saturated heterocycles. The lowest BCUT2D eigenvalue weighted by Crippen LogP contribution is -2.13. The monoisotopic (exact) mass is 312 g/mol. The minimum absolute atomic E-state index is 0.378. The summed E-state index contributed by atoms with van der Waals surface area (Å²) in [7, 11) is 0. The second-order valence-electron chi connectivity index (χ2n) is 3.56. The number of nitrogens with zero attached hydrogens (tertiary/aromatic N) is 1. The quantitative estimate of drug-likeness (QED) is 0.745. The predicted molar refractivity (Wildman–Crippen MR) is 57.5 cm³/mol. The minimum atomic E-state index is -4.98. The SMILES string of the molecule is FC(F)(F)c1cccc(C(F)(F)F)c1Oc1cs[c]n1. The molecule has 0 amide bonds. The van der Waals surface area contributed by atoms with Gasteiger partial charge in [0.1, 0.15) is 0 Å². The molecule has 0 fully saturated rings. The first-order valence-corrected chi connectivity index (χ1v) is 5.84. The topological polar surface area (TPSA) is 22.1 Å². The lowest BCUT2D eigenvalue weighted by atomic mass is 10.1. The van der Waals surface area contributed by atoms with Crippen LogP contribution in [0.2, 0.25) is 0 Å². The van der Waals surface area contributed by atoms with E-state index < -0.39 is 29.2 Å². The number of para-hydroxylation sites is 1. The minimum Gasteiger partial charge on any atom is -0.437 e. The molecule has 0 spiro atoms. The van der Waals surface area contributed by atoms with E-state index in [-0.39, 0.29) is 5.88 Å². The van der Waals surface area contributed by atoms with Crippen molar-refractivity contribution in [3.05, 3.63) is 40.2 Å². The highest BCUT2D eigenvalue weighted by molar-refractivity contribution is 7.07. The molecular formula is C11H4F6NOS. The van der Waals surface area contributed by atoms with Gasteiger partial charge in [0.25, 0.3) is 0 Å². The predicted octanol–water partition coefficient (Wildman–Crippen LogP) is 4.77. The highest BCUT2D eigenvalue weighted by Crippen LogP contribution is 2.45. The second kappa shape index (κ2) is 4.97. The molecule has 1 aromatic heterocycles. The van der Waals surface area contributed by atoms with Crippen LogP contribution >= 0.6 is 11.3 Å². The van der Waals surface area contributed by atoms with E-state index in [9.17, 15) is 26.3 Å². The molecule has 0 atom stereocenters. The van der Waals surface area contributed by atoms with Crippen molar-refractivity contribution in [3.63, 3.8) is 0 Å². The third-order valence-electron chi connectivity index (χ3n) is 2.20. The molecule has 0 aliphatic rings. The number of rotatable bonds is 2. The summed E-state index contributed by atoms with van der Waals surface area (Å²) >= 11 is 0.862. The molecule has 1 heterocycles. The number of alkyl halides is 6. The molecule has 107 valence electrons. The summed E-state index contributed by atoms with van der Waals surface area (Å²) < 4.78 is 81.3. The normalized spacial score (nSPS) is 12.5. The molecule has 1 aromatic carbocycles. The van der Waals surface area contributed by atoms with Crippen LogP contribution in [0.3, 0.4) is 0 Å². The maximum absolute atomic E-state index is 12.8. The first kappa shape index (κ1) is 14.6. The number of aromatic nitrogens is 1. The molecule has 0 saturated carbocycles. The van der Waals surface area contributed by atoms with Gasteiger partial charge in [-0.25, -0.2) is 0 Å². The van der Waals surface area contributed by atoms with E-state index in [1.807, 2.05) is 0 Å². The van der Waals surface area contributed by atoms with E-state index in [1.165, 1.54) is 0 Å². The molecule has 9 heteroatoms. The van der Waals surface area contributed by atoms with E-state index in [4.69, 9.17) is 0 Å². The number of halogens is 6. The first-order chi connectivity index (χ1) is 9.19. The van der Waals surface area contributed by atoms with Gasteiger partial charge in [0.15, 0.2) is 11.3 Å². The lowest BCUT2D eigenvalue weighted by molar-refractivity contribution is -0.145. The maximum atomic E-state index is 12.8. The van der Waals surface area contributed by atoms with Crippen LogP contribution in [0.15, 0.2) is 23.6 Å². The molecule has 0 unspecified atom stereocenters. The van der Waals surface area contributed by atoms with Crippen molar-refractivity contribution >= 4 is 11.3 Å². The number of ether oxygens (including phenoxy) is 1. The second-order valence-corrected chi connectivity index (χ2v) is 4.21. The molecule has 0 bridgehead atoms. The van der Waals surface area contributed by atoms with E-state index in [0.717, 1.165) is 16.7 Å². The van der Waals surface area contributed by atoms with Crippen molar-refractivity contribution in [2.24, 2.45) is 0 Å². The summed E-state index contributed by atoms with van der Waals surface area (Å²) in [6.45, 7) is 0. The number of benzene rings is 1. The summed E-state index contributed by atoms with van der Waals surface area (Å²) in [5.74, 6) is -1.69. The molecule has 2 rings (SSSR count). The van der Waals surface area contributed by atoms with Crippen LogP contribution in [0.25, 0.3) is 0 Å². The van der Waals surface area contributed by atoms with Gasteiger partial charge >= 0.3 is 12.4 Å². The molecule has 1 radical (unpaired) electrons. The Hall–Kier alpha value is -1.77. The zero-order valence-corrected chi connectivity index (χ0v) is 10.2. The van der Waals surface area contributed by atoms with Crippen LogP contribution in [0.5, 0.6) is 11.6 Å². The van der Waals surface area contributed by atoms with Crippen molar-refractivity contribution in [2.75, 3.05) is 0 Å². The summed E-state index contributed by atoms with van der Waals surface area (Å²) in [6, 6.07) is 1.70. The first-order valence-electron chi connectivity index (χ1n) is 4.96. The van der Waals surface area contributed by atoms with Gasteiger partial charge in [0.2, 0.25) is 5.88 Å². The lowest BCUT2D eigenvalue weighted by Gasteiger charge is -2.17. The Labute approximate surface area is 112 Å². The van der Waals surface area contributed by atoms with E-state index in [1.54, 1.807) is 0 Å². The van der Waals surface area contributed by atoms with Gasteiger partial charge in [-0.05, 0) is 12.1 Å². The van der Waals surface area contributed by atoms with Crippen molar-refractivity contribution < 1.29 is 31.1 Å². The Morgan fingerprint density at radius 1 is 1.00 bits per heavy atom. The van der Waals surface area contributed by atoms with Gasteiger partial charge in [0.05, 0.1) is 16.5 Å². The van der Waals surface area contributed by atoms with Gasteiger partial charge in [-0.15, -0.1) is 11.3 Å². The Morgan fingerprint density at radius 2 is 1.55 bits per heavy atom. The van der Waals surface area contributed by atoms with Crippen LogP contribution in [0.4, 0.5) is 26.3 Å². The molecule has 2 nitrogen and oxygen atoms in total. The highest BCUT2D eigenvalue weighted by Gasteiger charge is 2.42. The Balaban J connectivity index is 2.59. The van der Waals surface area contributed by atoms with Gasteiger partial charge in [-0.1, -0.05) is 6.07 Å². The Kier molecular flexibility index (Phi) is 3.63. The fraction of sp³-hybridized carbons (Fsp3) is 0.182. The fourth-order valence-corrected chi connectivity index (χ4v) is 1.82. The zero-order chi connectivity index (χ0) is 15.0. The van der Waals surface area contributed by atoms with Gasteiger partial charge in [-0.3, -0.25) is 0 Å². The van der Waals surface area contributed by atoms with Crippen molar-refractivity contribution in [3.8, 4) is 11.6 Å².